The Morgan fingerprint density at radius 1 is 1.00 bits per heavy atom. The van der Waals surface area contributed by atoms with Crippen LogP contribution in [0.25, 0.3) is 0 Å². The summed E-state index contributed by atoms with van der Waals surface area (Å²) in [5.74, 6) is 12.4. The molecule has 0 amide bonds. The molecule has 0 spiro atoms. The van der Waals surface area contributed by atoms with E-state index in [2.05, 4.69) is 17.8 Å². The lowest BCUT2D eigenvalue weighted by molar-refractivity contribution is 0.944. The quantitative estimate of drug-likeness (QED) is 0.522. The van der Waals surface area contributed by atoms with Gasteiger partial charge in [0.15, 0.2) is 0 Å². The van der Waals surface area contributed by atoms with Gasteiger partial charge in [-0.2, -0.15) is 0 Å². The van der Waals surface area contributed by atoms with E-state index in [0.717, 1.165) is 48.9 Å². The standard InChI is InChI=1S/C7H13NS.C6H11NS/c1-2-3-6-9-7-4-5-8;1-2-5-8-6-3-4-7/h4-8H2,1H3;1H,3-7H2. The van der Waals surface area contributed by atoms with Crippen molar-refractivity contribution in [1.82, 2.24) is 0 Å². The molecule has 0 aliphatic heterocycles. The van der Waals surface area contributed by atoms with Crippen LogP contribution in [0.15, 0.2) is 0 Å². The van der Waals surface area contributed by atoms with Crippen LogP contribution in [0.2, 0.25) is 0 Å². The lowest BCUT2D eigenvalue weighted by Gasteiger charge is -1.91. The molecule has 0 fully saturated rings. The minimum atomic E-state index is 0.775. The summed E-state index contributed by atoms with van der Waals surface area (Å²) in [4.78, 5) is 0. The van der Waals surface area contributed by atoms with Gasteiger partial charge in [0.2, 0.25) is 0 Å². The summed E-state index contributed by atoms with van der Waals surface area (Å²) in [6.45, 7) is 3.44. The van der Waals surface area contributed by atoms with E-state index in [4.69, 9.17) is 17.9 Å². The molecule has 0 saturated heterocycles. The molecular formula is C13H24N2S2. The molecule has 0 aromatic carbocycles. The number of hydrogen-bond donors (Lipinski definition) is 2. The summed E-state index contributed by atoms with van der Waals surface area (Å²) in [7, 11) is 0. The van der Waals surface area contributed by atoms with Gasteiger partial charge in [0.05, 0.1) is 11.5 Å². The zero-order valence-electron chi connectivity index (χ0n) is 10.7. The molecule has 17 heavy (non-hydrogen) atoms. The van der Waals surface area contributed by atoms with Crippen LogP contribution in [-0.2, 0) is 0 Å². The summed E-state index contributed by atoms with van der Waals surface area (Å²) in [5, 5.41) is 0. The van der Waals surface area contributed by atoms with Gasteiger partial charge in [-0.3, -0.25) is 0 Å². The molecule has 0 heterocycles. The molecule has 0 atom stereocenters. The molecule has 4 N–H and O–H groups in total. The summed E-state index contributed by atoms with van der Waals surface area (Å²) in [5.41, 5.74) is 10.5. The average Bonchev–Trinajstić information content (AvgIpc) is 2.36. The first-order valence-electron chi connectivity index (χ1n) is 5.72. The Bertz CT molecular complexity index is 226. The second-order valence-corrected chi connectivity index (χ2v) is 5.23. The van der Waals surface area contributed by atoms with Crippen LogP contribution >= 0.6 is 23.5 Å². The van der Waals surface area contributed by atoms with Crippen molar-refractivity contribution in [2.24, 2.45) is 11.5 Å². The highest BCUT2D eigenvalue weighted by Gasteiger charge is 1.82. The summed E-state index contributed by atoms with van der Waals surface area (Å²) in [6.07, 6.45) is 7.19. The van der Waals surface area contributed by atoms with Crippen LogP contribution in [0.5, 0.6) is 0 Å². The molecule has 2 nitrogen and oxygen atoms in total. The number of nitrogens with two attached hydrogens (primary N) is 2. The van der Waals surface area contributed by atoms with Crippen molar-refractivity contribution >= 4 is 23.5 Å². The monoisotopic (exact) mass is 272 g/mol. The Morgan fingerprint density at radius 3 is 1.94 bits per heavy atom. The average molecular weight is 272 g/mol. The molecule has 0 bridgehead atoms. The van der Waals surface area contributed by atoms with Crippen LogP contribution in [0.4, 0.5) is 0 Å². The SMILES string of the molecule is C#CCSCCCN.CC#CCSCCCN. The van der Waals surface area contributed by atoms with E-state index in [1.807, 2.05) is 18.7 Å². The van der Waals surface area contributed by atoms with Gasteiger partial charge in [-0.1, -0.05) is 11.8 Å². The van der Waals surface area contributed by atoms with Crippen LogP contribution in [-0.4, -0.2) is 36.1 Å². The van der Waals surface area contributed by atoms with Crippen LogP contribution in [0.1, 0.15) is 19.8 Å². The largest absolute Gasteiger partial charge is 0.330 e. The Kier molecular flexibility index (Phi) is 23.7. The maximum absolute atomic E-state index is 5.29. The molecule has 0 aromatic heterocycles. The summed E-state index contributed by atoms with van der Waals surface area (Å²) >= 11 is 3.61. The van der Waals surface area contributed by atoms with Gasteiger partial charge in [0.1, 0.15) is 0 Å². The first kappa shape index (κ1) is 19.1. The minimum Gasteiger partial charge on any atom is -0.330 e. The molecule has 0 saturated carbocycles. The molecular weight excluding hydrogens is 248 g/mol. The molecule has 0 unspecified atom stereocenters. The third-order valence-electron chi connectivity index (χ3n) is 1.52. The fraction of sp³-hybridized carbons (Fsp3) is 0.692. The highest BCUT2D eigenvalue weighted by molar-refractivity contribution is 7.99. The van der Waals surface area contributed by atoms with Crippen LogP contribution in [0.3, 0.4) is 0 Å². The van der Waals surface area contributed by atoms with Crippen molar-refractivity contribution in [3.05, 3.63) is 0 Å². The van der Waals surface area contributed by atoms with Gasteiger partial charge in [0.25, 0.3) is 0 Å². The van der Waals surface area contributed by atoms with Gasteiger partial charge in [0, 0.05) is 0 Å². The molecule has 98 valence electrons. The van der Waals surface area contributed by atoms with Crippen molar-refractivity contribution in [1.29, 1.82) is 0 Å². The smallest absolute Gasteiger partial charge is 0.0547 e. The number of hydrogen-bond acceptors (Lipinski definition) is 4. The first-order valence-corrected chi connectivity index (χ1v) is 8.03. The highest BCUT2D eigenvalue weighted by Crippen LogP contribution is 1.99. The Morgan fingerprint density at radius 2 is 1.53 bits per heavy atom. The summed E-state index contributed by atoms with van der Waals surface area (Å²) < 4.78 is 0. The van der Waals surface area contributed by atoms with Gasteiger partial charge in [-0.05, 0) is 44.4 Å². The third-order valence-corrected chi connectivity index (χ3v) is 3.40. The molecule has 0 aliphatic carbocycles. The van der Waals surface area contributed by atoms with Gasteiger partial charge in [-0.15, -0.1) is 35.9 Å². The Hall–Kier alpha value is -0.260. The van der Waals surface area contributed by atoms with Crippen molar-refractivity contribution in [2.75, 3.05) is 36.1 Å². The minimum absolute atomic E-state index is 0.775. The van der Waals surface area contributed by atoms with E-state index in [1.165, 1.54) is 0 Å². The third kappa shape index (κ3) is 25.8. The van der Waals surface area contributed by atoms with E-state index in [1.54, 1.807) is 11.8 Å². The second kappa shape index (κ2) is 21.1. The predicted molar refractivity (Wildman–Crippen MR) is 84.3 cm³/mol. The van der Waals surface area contributed by atoms with Crippen molar-refractivity contribution < 1.29 is 0 Å². The zero-order valence-corrected chi connectivity index (χ0v) is 12.3. The highest BCUT2D eigenvalue weighted by atomic mass is 32.2. The molecule has 0 aliphatic rings. The van der Waals surface area contributed by atoms with E-state index < -0.39 is 0 Å². The number of rotatable bonds is 8. The molecule has 0 rings (SSSR count). The van der Waals surface area contributed by atoms with Crippen LogP contribution < -0.4 is 11.5 Å². The molecule has 0 radical (unpaired) electrons. The maximum Gasteiger partial charge on any atom is 0.0547 e. The Balaban J connectivity index is 0. The number of thioether (sulfide) groups is 2. The predicted octanol–water partition coefficient (Wildman–Crippen LogP) is 1.79. The lowest BCUT2D eigenvalue weighted by Crippen LogP contribution is -1.99. The molecule has 4 heteroatoms. The molecule has 0 aromatic rings. The maximum atomic E-state index is 5.29. The lowest BCUT2D eigenvalue weighted by atomic mass is 10.5. The van der Waals surface area contributed by atoms with Gasteiger partial charge >= 0.3 is 0 Å². The van der Waals surface area contributed by atoms with Crippen molar-refractivity contribution in [3.8, 4) is 24.2 Å². The van der Waals surface area contributed by atoms with Gasteiger partial charge in [-0.25, -0.2) is 0 Å². The Labute approximate surface area is 115 Å². The zero-order chi connectivity index (χ0) is 13.2. The normalized spacial score (nSPS) is 8.35. The topological polar surface area (TPSA) is 52.0 Å². The fourth-order valence-corrected chi connectivity index (χ4v) is 2.09. The van der Waals surface area contributed by atoms with Crippen molar-refractivity contribution in [3.63, 3.8) is 0 Å². The van der Waals surface area contributed by atoms with Gasteiger partial charge < -0.3 is 11.5 Å². The van der Waals surface area contributed by atoms with Crippen LogP contribution in [0, 0.1) is 24.2 Å². The van der Waals surface area contributed by atoms with E-state index in [-0.39, 0.29) is 0 Å². The first-order chi connectivity index (χ1) is 8.33. The van der Waals surface area contributed by atoms with E-state index >= 15 is 0 Å². The number of terminal acetylenes is 1. The van der Waals surface area contributed by atoms with E-state index in [9.17, 15) is 0 Å². The van der Waals surface area contributed by atoms with Crippen molar-refractivity contribution in [2.45, 2.75) is 19.8 Å². The van der Waals surface area contributed by atoms with E-state index in [0.29, 0.717) is 0 Å². The summed E-state index contributed by atoms with van der Waals surface area (Å²) in [6, 6.07) is 0. The fourth-order valence-electron chi connectivity index (χ4n) is 0.697. The second-order valence-electron chi connectivity index (χ2n) is 3.02.